The number of hydrogen-bond donors (Lipinski definition) is 0. The summed E-state index contributed by atoms with van der Waals surface area (Å²) in [7, 11) is 0. The van der Waals surface area contributed by atoms with E-state index in [2.05, 4.69) is 13.8 Å². The van der Waals surface area contributed by atoms with Crippen molar-refractivity contribution in [3.05, 3.63) is 0 Å². The first-order chi connectivity index (χ1) is 20.3. The topological polar surface area (TPSA) is 72.5 Å². The largest absolute Gasteiger partial charge is 0.463 e. The molecule has 0 radical (unpaired) electrons. The van der Waals surface area contributed by atoms with Crippen LogP contribution in [0.15, 0.2) is 0 Å². The molecule has 0 heterocycles. The van der Waals surface area contributed by atoms with Crippen molar-refractivity contribution in [2.24, 2.45) is 0 Å². The average molecular weight is 589 g/mol. The molecule has 246 valence electrons. The van der Waals surface area contributed by atoms with Crippen molar-refractivity contribution in [2.45, 2.75) is 142 Å². The van der Waals surface area contributed by atoms with E-state index in [1.54, 1.807) is 0 Å². The Labute approximate surface area is 254 Å². The standard InChI is InChI=1S/C34H68O7/c1-3-5-7-8-9-10-11-12-13-14-15-16-17-18-19-21-23-36-24-25-37-26-27-38-28-29-39-30-31-40-32-33-41-34(35)22-20-6-4-2/h3-33H2,1-2H3. The van der Waals surface area contributed by atoms with E-state index in [1.807, 2.05) is 0 Å². The van der Waals surface area contributed by atoms with Crippen molar-refractivity contribution in [3.8, 4) is 0 Å². The van der Waals surface area contributed by atoms with Gasteiger partial charge in [-0.25, -0.2) is 0 Å². The number of esters is 1. The summed E-state index contributed by atoms with van der Waals surface area (Å²) in [5, 5.41) is 0. The first kappa shape index (κ1) is 40.3. The lowest BCUT2D eigenvalue weighted by Crippen LogP contribution is -2.15. The highest BCUT2D eigenvalue weighted by Crippen LogP contribution is 2.13. The van der Waals surface area contributed by atoms with Gasteiger partial charge in [-0.3, -0.25) is 4.79 Å². The van der Waals surface area contributed by atoms with Gasteiger partial charge in [0.2, 0.25) is 0 Å². The Hall–Kier alpha value is -0.730. The van der Waals surface area contributed by atoms with E-state index >= 15 is 0 Å². The molecular formula is C34H68O7. The maximum atomic E-state index is 11.5. The molecule has 0 bridgehead atoms. The molecule has 0 rings (SSSR count). The molecule has 0 aromatic carbocycles. The molecular weight excluding hydrogens is 520 g/mol. The zero-order valence-electron chi connectivity index (χ0n) is 27.3. The van der Waals surface area contributed by atoms with Crippen LogP contribution < -0.4 is 0 Å². The van der Waals surface area contributed by atoms with Gasteiger partial charge in [-0.15, -0.1) is 0 Å². The van der Waals surface area contributed by atoms with Crippen LogP contribution in [0.4, 0.5) is 0 Å². The Kier molecular flexibility index (Phi) is 36.6. The summed E-state index contributed by atoms with van der Waals surface area (Å²) in [6.45, 7) is 10.4. The van der Waals surface area contributed by atoms with E-state index in [9.17, 15) is 4.79 Å². The smallest absolute Gasteiger partial charge is 0.305 e. The second-order valence-electron chi connectivity index (χ2n) is 11.0. The predicted molar refractivity (Wildman–Crippen MR) is 169 cm³/mol. The second-order valence-corrected chi connectivity index (χ2v) is 11.0. The summed E-state index contributed by atoms with van der Waals surface area (Å²) >= 11 is 0. The van der Waals surface area contributed by atoms with Crippen LogP contribution in [0, 0.1) is 0 Å². The van der Waals surface area contributed by atoms with Crippen LogP contribution in [0.3, 0.4) is 0 Å². The molecule has 0 fully saturated rings. The molecule has 0 aliphatic carbocycles. The van der Waals surface area contributed by atoms with E-state index in [-0.39, 0.29) is 5.97 Å². The van der Waals surface area contributed by atoms with Gasteiger partial charge in [-0.05, 0) is 12.8 Å². The van der Waals surface area contributed by atoms with Crippen molar-refractivity contribution in [2.75, 3.05) is 72.7 Å². The molecule has 0 aromatic heterocycles. The van der Waals surface area contributed by atoms with E-state index in [0.717, 1.165) is 32.3 Å². The fourth-order valence-corrected chi connectivity index (χ4v) is 4.54. The lowest BCUT2D eigenvalue weighted by Gasteiger charge is -2.08. The van der Waals surface area contributed by atoms with Crippen molar-refractivity contribution in [1.29, 1.82) is 0 Å². The highest BCUT2D eigenvalue weighted by Gasteiger charge is 2.02. The highest BCUT2D eigenvalue weighted by molar-refractivity contribution is 5.69. The van der Waals surface area contributed by atoms with Crippen LogP contribution in [-0.4, -0.2) is 78.6 Å². The zero-order valence-corrected chi connectivity index (χ0v) is 27.3. The average Bonchev–Trinajstić information content (AvgIpc) is 2.98. The number of hydrogen-bond acceptors (Lipinski definition) is 7. The third-order valence-corrected chi connectivity index (χ3v) is 7.11. The molecule has 0 aromatic rings. The third-order valence-electron chi connectivity index (χ3n) is 7.11. The van der Waals surface area contributed by atoms with Gasteiger partial charge in [0.15, 0.2) is 0 Å². The quantitative estimate of drug-likeness (QED) is 0.0537. The van der Waals surface area contributed by atoms with Gasteiger partial charge in [-0.2, -0.15) is 0 Å². The minimum atomic E-state index is -0.141. The van der Waals surface area contributed by atoms with E-state index < -0.39 is 0 Å². The fraction of sp³-hybridized carbons (Fsp3) is 0.971. The second kappa shape index (κ2) is 37.3. The zero-order chi connectivity index (χ0) is 29.7. The molecule has 0 spiro atoms. The lowest BCUT2D eigenvalue weighted by atomic mass is 10.0. The summed E-state index contributed by atoms with van der Waals surface area (Å²) in [4.78, 5) is 11.5. The SMILES string of the molecule is CCCCCCCCCCCCCCCCCCOCCOCCOCCOCCOCCOC(=O)CCCCC. The lowest BCUT2D eigenvalue weighted by molar-refractivity contribution is -0.145. The Morgan fingerprint density at radius 3 is 1.02 bits per heavy atom. The molecule has 0 unspecified atom stereocenters. The maximum absolute atomic E-state index is 11.5. The van der Waals surface area contributed by atoms with Crippen LogP contribution in [0.25, 0.3) is 0 Å². The molecule has 0 amide bonds. The van der Waals surface area contributed by atoms with E-state index in [4.69, 9.17) is 28.4 Å². The number of unbranched alkanes of at least 4 members (excludes halogenated alkanes) is 17. The normalized spacial score (nSPS) is 11.4. The van der Waals surface area contributed by atoms with Gasteiger partial charge >= 0.3 is 5.97 Å². The first-order valence-corrected chi connectivity index (χ1v) is 17.4. The fourth-order valence-electron chi connectivity index (χ4n) is 4.54. The minimum Gasteiger partial charge on any atom is -0.463 e. The summed E-state index contributed by atoms with van der Waals surface area (Å²) in [6.07, 6.45) is 25.8. The number of rotatable bonds is 36. The minimum absolute atomic E-state index is 0.141. The van der Waals surface area contributed by atoms with Gasteiger partial charge in [0.25, 0.3) is 0 Å². The summed E-state index contributed by atoms with van der Waals surface area (Å²) in [5.41, 5.74) is 0. The van der Waals surface area contributed by atoms with Crippen LogP contribution in [0.2, 0.25) is 0 Å². The Balaban J connectivity index is 3.06. The van der Waals surface area contributed by atoms with Gasteiger partial charge in [0.1, 0.15) is 6.61 Å². The van der Waals surface area contributed by atoms with Crippen molar-refractivity contribution in [3.63, 3.8) is 0 Å². The summed E-state index contributed by atoms with van der Waals surface area (Å²) < 4.78 is 32.7. The first-order valence-electron chi connectivity index (χ1n) is 17.4. The highest BCUT2D eigenvalue weighted by atomic mass is 16.6. The predicted octanol–water partition coefficient (Wildman–Crippen LogP) is 8.45. The Morgan fingerprint density at radius 2 is 0.634 bits per heavy atom. The van der Waals surface area contributed by atoms with Crippen LogP contribution in [-0.2, 0) is 33.2 Å². The van der Waals surface area contributed by atoms with Gasteiger partial charge in [0.05, 0.1) is 59.5 Å². The van der Waals surface area contributed by atoms with E-state index in [0.29, 0.717) is 72.5 Å². The Morgan fingerprint density at radius 1 is 0.341 bits per heavy atom. The molecule has 0 aliphatic heterocycles. The van der Waals surface area contributed by atoms with Crippen molar-refractivity contribution >= 4 is 5.97 Å². The molecule has 7 nitrogen and oxygen atoms in total. The molecule has 0 saturated heterocycles. The van der Waals surface area contributed by atoms with Crippen molar-refractivity contribution in [1.82, 2.24) is 0 Å². The van der Waals surface area contributed by atoms with Crippen LogP contribution in [0.5, 0.6) is 0 Å². The van der Waals surface area contributed by atoms with Gasteiger partial charge in [-0.1, -0.05) is 123 Å². The van der Waals surface area contributed by atoms with Gasteiger partial charge in [0, 0.05) is 13.0 Å². The molecule has 0 aliphatic rings. The molecule has 0 saturated carbocycles. The summed E-state index contributed by atoms with van der Waals surface area (Å²) in [6, 6.07) is 0. The molecule has 0 N–H and O–H groups in total. The van der Waals surface area contributed by atoms with Crippen molar-refractivity contribution < 1.29 is 33.2 Å². The number of carbonyl (C=O) groups excluding carboxylic acids is 1. The molecule has 41 heavy (non-hydrogen) atoms. The Bertz CT molecular complexity index is 490. The van der Waals surface area contributed by atoms with Crippen LogP contribution >= 0.6 is 0 Å². The monoisotopic (exact) mass is 588 g/mol. The summed E-state index contributed by atoms with van der Waals surface area (Å²) in [5.74, 6) is -0.141. The molecule has 0 atom stereocenters. The number of carbonyl (C=O) groups is 1. The third kappa shape index (κ3) is 37.2. The van der Waals surface area contributed by atoms with Gasteiger partial charge < -0.3 is 28.4 Å². The molecule has 7 heteroatoms. The van der Waals surface area contributed by atoms with E-state index in [1.165, 1.54) is 96.3 Å². The van der Waals surface area contributed by atoms with Crippen LogP contribution in [0.1, 0.15) is 142 Å². The number of ether oxygens (including phenoxy) is 6. The maximum Gasteiger partial charge on any atom is 0.305 e.